The second-order valence-corrected chi connectivity index (χ2v) is 10.5. The molecule has 0 spiro atoms. The molecular formula is C30H31NO2. The molecule has 0 heterocycles. The summed E-state index contributed by atoms with van der Waals surface area (Å²) in [5, 5.41) is 3.08. The third kappa shape index (κ3) is 4.06. The number of rotatable bonds is 6. The molecule has 3 aromatic carbocycles. The summed E-state index contributed by atoms with van der Waals surface area (Å²) < 4.78 is 5.98. The van der Waals surface area contributed by atoms with E-state index < -0.39 is 0 Å². The predicted octanol–water partition coefficient (Wildman–Crippen LogP) is 6.99. The first-order chi connectivity index (χ1) is 16.2. The number of nitrogens with one attached hydrogen (secondary N) is 1. The van der Waals surface area contributed by atoms with E-state index in [4.69, 9.17) is 4.74 Å². The van der Waals surface area contributed by atoms with Crippen LogP contribution in [-0.2, 0) is 12.0 Å². The normalized spacial score (nSPS) is 27.3. The second-order valence-electron chi connectivity index (χ2n) is 10.5. The van der Waals surface area contributed by atoms with Crippen molar-refractivity contribution < 1.29 is 9.53 Å². The van der Waals surface area contributed by atoms with Crippen LogP contribution in [0.1, 0.15) is 60.0 Å². The number of hydrogen-bond acceptors (Lipinski definition) is 2. The van der Waals surface area contributed by atoms with Gasteiger partial charge in [-0.05, 0) is 97.1 Å². The Morgan fingerprint density at radius 3 is 2.06 bits per heavy atom. The molecule has 1 amide bonds. The summed E-state index contributed by atoms with van der Waals surface area (Å²) in [6.45, 7) is 0.435. The van der Waals surface area contributed by atoms with Crippen molar-refractivity contribution >= 4 is 11.6 Å². The van der Waals surface area contributed by atoms with Crippen LogP contribution in [0.5, 0.6) is 5.75 Å². The van der Waals surface area contributed by atoms with Gasteiger partial charge in [-0.1, -0.05) is 54.6 Å². The fraction of sp³-hybridized carbons (Fsp3) is 0.367. The fourth-order valence-corrected chi connectivity index (χ4v) is 7.09. The van der Waals surface area contributed by atoms with E-state index >= 15 is 0 Å². The van der Waals surface area contributed by atoms with Crippen molar-refractivity contribution in [1.82, 2.24) is 0 Å². The van der Waals surface area contributed by atoms with Crippen LogP contribution in [0, 0.1) is 17.8 Å². The summed E-state index contributed by atoms with van der Waals surface area (Å²) in [6.07, 6.45) is 8.45. The zero-order chi connectivity index (χ0) is 22.3. The zero-order valence-electron chi connectivity index (χ0n) is 19.0. The van der Waals surface area contributed by atoms with Gasteiger partial charge in [-0.2, -0.15) is 0 Å². The minimum atomic E-state index is -0.138. The van der Waals surface area contributed by atoms with Gasteiger partial charge in [0.25, 0.3) is 5.91 Å². The number of ether oxygens (including phenoxy) is 1. The first-order valence-corrected chi connectivity index (χ1v) is 12.3. The molecule has 168 valence electrons. The molecule has 4 aliphatic carbocycles. The first-order valence-electron chi connectivity index (χ1n) is 12.3. The van der Waals surface area contributed by atoms with Crippen LogP contribution in [0.25, 0.3) is 0 Å². The summed E-state index contributed by atoms with van der Waals surface area (Å²) in [5.74, 6) is 3.26. The minimum absolute atomic E-state index is 0.138. The third-order valence-electron chi connectivity index (χ3n) is 8.16. The maximum atomic E-state index is 13.1. The lowest BCUT2D eigenvalue weighted by molar-refractivity contribution is -0.00518. The maximum absolute atomic E-state index is 13.1. The fourth-order valence-electron chi connectivity index (χ4n) is 7.09. The molecule has 4 fully saturated rings. The zero-order valence-corrected chi connectivity index (χ0v) is 19.0. The van der Waals surface area contributed by atoms with Crippen molar-refractivity contribution in [3.8, 4) is 5.75 Å². The van der Waals surface area contributed by atoms with Gasteiger partial charge in [0.2, 0.25) is 0 Å². The molecule has 3 aromatic rings. The van der Waals surface area contributed by atoms with Crippen molar-refractivity contribution in [3.63, 3.8) is 0 Å². The molecule has 33 heavy (non-hydrogen) atoms. The Bertz CT molecular complexity index is 1100. The number of anilines is 1. The molecule has 3 nitrogen and oxygen atoms in total. The molecule has 0 saturated heterocycles. The molecule has 0 radical (unpaired) electrons. The van der Waals surface area contributed by atoms with Gasteiger partial charge < -0.3 is 10.1 Å². The number of para-hydroxylation sites is 1. The van der Waals surface area contributed by atoms with E-state index in [-0.39, 0.29) is 5.91 Å². The third-order valence-corrected chi connectivity index (χ3v) is 8.16. The van der Waals surface area contributed by atoms with Crippen LogP contribution < -0.4 is 10.1 Å². The number of amides is 1. The van der Waals surface area contributed by atoms with Crippen molar-refractivity contribution in [2.45, 2.75) is 50.5 Å². The highest BCUT2D eigenvalue weighted by Crippen LogP contribution is 2.60. The van der Waals surface area contributed by atoms with Gasteiger partial charge in [0.05, 0.1) is 5.56 Å². The largest absolute Gasteiger partial charge is 0.488 e. The van der Waals surface area contributed by atoms with Gasteiger partial charge in [-0.15, -0.1) is 0 Å². The number of hydrogen-bond donors (Lipinski definition) is 1. The van der Waals surface area contributed by atoms with Gasteiger partial charge in [0, 0.05) is 5.69 Å². The molecule has 0 atom stereocenters. The van der Waals surface area contributed by atoms with Crippen LogP contribution >= 0.6 is 0 Å². The molecule has 7 rings (SSSR count). The van der Waals surface area contributed by atoms with Gasteiger partial charge in [0.15, 0.2) is 0 Å². The Hall–Kier alpha value is -3.07. The number of carbonyl (C=O) groups is 1. The first kappa shape index (κ1) is 20.5. The van der Waals surface area contributed by atoms with E-state index in [1.807, 2.05) is 54.6 Å². The standard InChI is InChI=1S/C30H31NO2/c32-29(27-8-4-5-9-28(27)33-20-21-6-2-1-3-7-21)31-26-12-10-25(11-13-26)30-17-22-14-23(18-30)16-24(15-22)19-30/h1-13,22-24H,14-20H2,(H,31,32). The molecule has 0 aromatic heterocycles. The molecule has 0 unspecified atom stereocenters. The van der Waals surface area contributed by atoms with E-state index in [0.717, 1.165) is 29.0 Å². The van der Waals surface area contributed by atoms with Crippen molar-refractivity contribution in [2.75, 3.05) is 5.32 Å². The van der Waals surface area contributed by atoms with E-state index in [9.17, 15) is 4.79 Å². The average molecular weight is 438 g/mol. The van der Waals surface area contributed by atoms with E-state index in [1.165, 1.54) is 44.1 Å². The average Bonchev–Trinajstić information content (AvgIpc) is 2.83. The highest BCUT2D eigenvalue weighted by atomic mass is 16.5. The van der Waals surface area contributed by atoms with Gasteiger partial charge >= 0.3 is 0 Å². The molecule has 3 heteroatoms. The Kier molecular flexibility index (Phi) is 5.21. The number of benzene rings is 3. The lowest BCUT2D eigenvalue weighted by Gasteiger charge is -2.57. The van der Waals surface area contributed by atoms with Crippen LogP contribution in [0.3, 0.4) is 0 Å². The van der Waals surface area contributed by atoms with Crippen molar-refractivity contribution in [1.29, 1.82) is 0 Å². The Morgan fingerprint density at radius 1 is 0.788 bits per heavy atom. The highest BCUT2D eigenvalue weighted by Gasteiger charge is 2.51. The van der Waals surface area contributed by atoms with E-state index in [0.29, 0.717) is 23.3 Å². The van der Waals surface area contributed by atoms with E-state index in [2.05, 4.69) is 29.6 Å². The van der Waals surface area contributed by atoms with Crippen LogP contribution in [0.15, 0.2) is 78.9 Å². The Labute approximate surface area is 196 Å². The highest BCUT2D eigenvalue weighted by molar-refractivity contribution is 6.06. The smallest absolute Gasteiger partial charge is 0.259 e. The minimum Gasteiger partial charge on any atom is -0.488 e. The summed E-state index contributed by atoms with van der Waals surface area (Å²) in [7, 11) is 0. The predicted molar refractivity (Wildman–Crippen MR) is 131 cm³/mol. The van der Waals surface area contributed by atoms with Gasteiger partial charge in [-0.25, -0.2) is 0 Å². The molecular weight excluding hydrogens is 406 g/mol. The molecule has 0 aliphatic heterocycles. The van der Waals surface area contributed by atoms with Crippen molar-refractivity contribution in [2.24, 2.45) is 17.8 Å². The summed E-state index contributed by atoms with van der Waals surface area (Å²) in [4.78, 5) is 13.1. The van der Waals surface area contributed by atoms with Gasteiger partial charge in [0.1, 0.15) is 12.4 Å². The SMILES string of the molecule is O=C(Nc1ccc(C23CC4CC(CC(C4)C2)C3)cc1)c1ccccc1OCc1ccccc1. The molecule has 4 saturated carbocycles. The summed E-state index contributed by atoms with van der Waals surface area (Å²) in [6, 6.07) is 26.2. The summed E-state index contributed by atoms with van der Waals surface area (Å²) in [5.41, 5.74) is 4.33. The van der Waals surface area contributed by atoms with Gasteiger partial charge in [-0.3, -0.25) is 4.79 Å². The summed E-state index contributed by atoms with van der Waals surface area (Å²) >= 11 is 0. The number of carbonyl (C=O) groups excluding carboxylic acids is 1. The molecule has 4 aliphatic rings. The monoisotopic (exact) mass is 437 g/mol. The lowest BCUT2D eigenvalue weighted by Crippen LogP contribution is -2.48. The maximum Gasteiger partial charge on any atom is 0.259 e. The van der Waals surface area contributed by atoms with Crippen molar-refractivity contribution in [3.05, 3.63) is 95.6 Å². The topological polar surface area (TPSA) is 38.3 Å². The Balaban J connectivity index is 1.15. The Morgan fingerprint density at radius 2 is 1.39 bits per heavy atom. The quantitative estimate of drug-likeness (QED) is 0.451. The second kappa shape index (κ2) is 8.37. The lowest BCUT2D eigenvalue weighted by atomic mass is 9.48. The van der Waals surface area contributed by atoms with Crippen LogP contribution in [0.2, 0.25) is 0 Å². The molecule has 4 bridgehead atoms. The van der Waals surface area contributed by atoms with Crippen LogP contribution in [-0.4, -0.2) is 5.91 Å². The van der Waals surface area contributed by atoms with Crippen LogP contribution in [0.4, 0.5) is 5.69 Å². The van der Waals surface area contributed by atoms with E-state index in [1.54, 1.807) is 0 Å². The molecule has 1 N–H and O–H groups in total.